The van der Waals surface area contributed by atoms with Crippen LogP contribution in [0.3, 0.4) is 0 Å². The van der Waals surface area contributed by atoms with E-state index < -0.39 is 0 Å². The summed E-state index contributed by atoms with van der Waals surface area (Å²) in [6.45, 7) is 16.5. The van der Waals surface area contributed by atoms with Crippen molar-refractivity contribution < 1.29 is 0 Å². The molecule has 0 spiro atoms. The zero-order valence-electron chi connectivity index (χ0n) is 10.3. The van der Waals surface area contributed by atoms with Gasteiger partial charge < -0.3 is 0 Å². The van der Waals surface area contributed by atoms with E-state index in [2.05, 4.69) is 48.5 Å². The van der Waals surface area contributed by atoms with Crippen molar-refractivity contribution in [1.29, 1.82) is 0 Å². The van der Waals surface area contributed by atoms with E-state index in [1.807, 2.05) is 0 Å². The normalized spacial score (nSPS) is 32.1. The summed E-state index contributed by atoms with van der Waals surface area (Å²) in [6.07, 6.45) is 1.32. The second kappa shape index (κ2) is 2.87. The number of hydrogen-bond acceptors (Lipinski definition) is 0. The van der Waals surface area contributed by atoms with Gasteiger partial charge in [-0.3, -0.25) is 0 Å². The molecule has 0 aromatic carbocycles. The SMILES string of the molecule is CC1=C(C)C(C)(C)C(C)CC1(C)C. The molecule has 13 heavy (non-hydrogen) atoms. The molecule has 0 amide bonds. The van der Waals surface area contributed by atoms with Gasteiger partial charge in [0.1, 0.15) is 0 Å². The van der Waals surface area contributed by atoms with Crippen LogP contribution < -0.4 is 0 Å². The first-order valence-corrected chi connectivity index (χ1v) is 5.38. The highest BCUT2D eigenvalue weighted by molar-refractivity contribution is 5.27. The maximum absolute atomic E-state index is 2.39. The van der Waals surface area contributed by atoms with Crippen molar-refractivity contribution >= 4 is 0 Å². The predicted molar refractivity (Wildman–Crippen MR) is 59.7 cm³/mol. The second-order valence-electron chi connectivity index (χ2n) is 5.96. The van der Waals surface area contributed by atoms with Gasteiger partial charge >= 0.3 is 0 Å². The zero-order chi connectivity index (χ0) is 10.4. The van der Waals surface area contributed by atoms with Crippen LogP contribution in [0.5, 0.6) is 0 Å². The first-order valence-electron chi connectivity index (χ1n) is 5.38. The molecular weight excluding hydrogens is 156 g/mol. The summed E-state index contributed by atoms with van der Waals surface area (Å²) < 4.78 is 0. The topological polar surface area (TPSA) is 0 Å². The Balaban J connectivity index is 3.20. The first-order chi connectivity index (χ1) is 5.69. The monoisotopic (exact) mass is 180 g/mol. The third kappa shape index (κ3) is 1.56. The van der Waals surface area contributed by atoms with Crippen molar-refractivity contribution in [3.8, 4) is 0 Å². The molecule has 0 N–H and O–H groups in total. The lowest BCUT2D eigenvalue weighted by molar-refractivity contribution is 0.173. The first kappa shape index (κ1) is 10.8. The number of hydrogen-bond donors (Lipinski definition) is 0. The van der Waals surface area contributed by atoms with Crippen molar-refractivity contribution in [2.24, 2.45) is 16.7 Å². The van der Waals surface area contributed by atoms with Gasteiger partial charge in [0.05, 0.1) is 0 Å². The highest BCUT2D eigenvalue weighted by Gasteiger charge is 2.39. The van der Waals surface area contributed by atoms with Crippen LogP contribution in [0.2, 0.25) is 0 Å². The predicted octanol–water partition coefficient (Wildman–Crippen LogP) is 4.42. The molecule has 1 unspecified atom stereocenters. The van der Waals surface area contributed by atoms with Crippen LogP contribution in [-0.2, 0) is 0 Å². The Morgan fingerprint density at radius 2 is 1.46 bits per heavy atom. The molecule has 0 aromatic rings. The van der Waals surface area contributed by atoms with E-state index in [-0.39, 0.29) is 0 Å². The fourth-order valence-corrected chi connectivity index (χ4v) is 2.53. The molecule has 0 aliphatic heterocycles. The molecular formula is C13H24. The van der Waals surface area contributed by atoms with E-state index in [9.17, 15) is 0 Å². The Morgan fingerprint density at radius 3 is 1.92 bits per heavy atom. The Bertz CT molecular complexity index is 241. The van der Waals surface area contributed by atoms with E-state index in [1.54, 1.807) is 11.1 Å². The zero-order valence-corrected chi connectivity index (χ0v) is 10.3. The Hall–Kier alpha value is -0.260. The van der Waals surface area contributed by atoms with E-state index in [0.717, 1.165) is 5.92 Å². The number of rotatable bonds is 0. The van der Waals surface area contributed by atoms with E-state index in [1.165, 1.54) is 6.42 Å². The molecule has 0 heterocycles. The lowest BCUT2D eigenvalue weighted by Gasteiger charge is -2.46. The smallest absolute Gasteiger partial charge is 0.0119 e. The molecule has 76 valence electrons. The Morgan fingerprint density at radius 1 is 1.00 bits per heavy atom. The molecule has 0 fully saturated rings. The Labute approximate surface area is 83.4 Å². The summed E-state index contributed by atoms with van der Waals surface area (Å²) in [5.74, 6) is 0.797. The molecule has 1 rings (SSSR count). The van der Waals surface area contributed by atoms with Crippen LogP contribution >= 0.6 is 0 Å². The average molecular weight is 180 g/mol. The van der Waals surface area contributed by atoms with E-state index >= 15 is 0 Å². The molecule has 0 saturated heterocycles. The van der Waals surface area contributed by atoms with Crippen LogP contribution in [0.4, 0.5) is 0 Å². The van der Waals surface area contributed by atoms with Crippen molar-refractivity contribution in [2.75, 3.05) is 0 Å². The van der Waals surface area contributed by atoms with Crippen molar-refractivity contribution in [2.45, 2.75) is 54.9 Å². The quantitative estimate of drug-likeness (QED) is 0.484. The molecule has 0 nitrogen and oxygen atoms in total. The van der Waals surface area contributed by atoms with Crippen LogP contribution in [0.25, 0.3) is 0 Å². The highest BCUT2D eigenvalue weighted by atomic mass is 14.4. The molecule has 1 atom stereocenters. The summed E-state index contributed by atoms with van der Waals surface area (Å²) >= 11 is 0. The summed E-state index contributed by atoms with van der Waals surface area (Å²) in [7, 11) is 0. The van der Waals surface area contributed by atoms with Crippen molar-refractivity contribution in [3.05, 3.63) is 11.1 Å². The summed E-state index contributed by atoms with van der Waals surface area (Å²) in [6, 6.07) is 0. The van der Waals surface area contributed by atoms with Gasteiger partial charge in [-0.15, -0.1) is 0 Å². The lowest BCUT2D eigenvalue weighted by Crippen LogP contribution is -2.35. The van der Waals surface area contributed by atoms with Gasteiger partial charge in [-0.2, -0.15) is 0 Å². The minimum Gasteiger partial charge on any atom is -0.0682 e. The summed E-state index contributed by atoms with van der Waals surface area (Å²) in [5, 5.41) is 0. The van der Waals surface area contributed by atoms with Crippen LogP contribution in [-0.4, -0.2) is 0 Å². The average Bonchev–Trinajstić information content (AvgIpc) is 1.98. The van der Waals surface area contributed by atoms with Gasteiger partial charge in [-0.25, -0.2) is 0 Å². The molecule has 0 aromatic heterocycles. The summed E-state index contributed by atoms with van der Waals surface area (Å²) in [5.41, 5.74) is 4.03. The van der Waals surface area contributed by atoms with Crippen LogP contribution in [0.1, 0.15) is 54.9 Å². The maximum Gasteiger partial charge on any atom is -0.0119 e. The molecule has 0 saturated carbocycles. The standard InChI is InChI=1S/C13H24/c1-9-8-12(4,5)10(2)11(3)13(9,6)7/h9H,8H2,1-7H3. The molecule has 1 aliphatic carbocycles. The van der Waals surface area contributed by atoms with Gasteiger partial charge in [0, 0.05) is 0 Å². The second-order valence-corrected chi connectivity index (χ2v) is 5.96. The van der Waals surface area contributed by atoms with Gasteiger partial charge in [0.25, 0.3) is 0 Å². The maximum atomic E-state index is 2.39. The third-order valence-corrected chi connectivity index (χ3v) is 4.59. The molecule has 1 aliphatic rings. The van der Waals surface area contributed by atoms with E-state index in [0.29, 0.717) is 10.8 Å². The van der Waals surface area contributed by atoms with Gasteiger partial charge in [-0.1, -0.05) is 45.8 Å². The Kier molecular flexibility index (Phi) is 2.38. The third-order valence-electron chi connectivity index (χ3n) is 4.59. The fraction of sp³-hybridized carbons (Fsp3) is 0.846. The minimum atomic E-state index is 0.402. The van der Waals surface area contributed by atoms with E-state index in [4.69, 9.17) is 0 Å². The van der Waals surface area contributed by atoms with Crippen LogP contribution in [0, 0.1) is 16.7 Å². The van der Waals surface area contributed by atoms with Crippen LogP contribution in [0.15, 0.2) is 11.1 Å². The lowest BCUT2D eigenvalue weighted by atomic mass is 9.59. The summed E-state index contributed by atoms with van der Waals surface area (Å²) in [4.78, 5) is 0. The van der Waals surface area contributed by atoms with Crippen molar-refractivity contribution in [1.82, 2.24) is 0 Å². The van der Waals surface area contributed by atoms with Gasteiger partial charge in [-0.05, 0) is 37.0 Å². The highest BCUT2D eigenvalue weighted by Crippen LogP contribution is 2.51. The van der Waals surface area contributed by atoms with Crippen molar-refractivity contribution in [3.63, 3.8) is 0 Å². The fourth-order valence-electron chi connectivity index (χ4n) is 2.53. The molecule has 0 radical (unpaired) electrons. The largest absolute Gasteiger partial charge is 0.0682 e. The molecule has 0 bridgehead atoms. The van der Waals surface area contributed by atoms with Gasteiger partial charge in [0.2, 0.25) is 0 Å². The minimum absolute atomic E-state index is 0.402. The number of allylic oxidation sites excluding steroid dienone is 2. The molecule has 0 heteroatoms. The van der Waals surface area contributed by atoms with Gasteiger partial charge in [0.15, 0.2) is 0 Å².